The van der Waals surface area contributed by atoms with Crippen molar-refractivity contribution in [3.05, 3.63) is 42.6 Å². The number of nitrogens with two attached hydrogens (primary N) is 1. The van der Waals surface area contributed by atoms with E-state index in [4.69, 9.17) is 5.73 Å². The van der Waals surface area contributed by atoms with E-state index in [0.29, 0.717) is 6.54 Å². The van der Waals surface area contributed by atoms with E-state index in [1.165, 1.54) is 0 Å². The molecule has 2 heterocycles. The maximum Gasteiger partial charge on any atom is 0.119 e. The summed E-state index contributed by atoms with van der Waals surface area (Å²) in [4.78, 5) is 13.5. The van der Waals surface area contributed by atoms with Crippen molar-refractivity contribution in [1.29, 1.82) is 0 Å². The van der Waals surface area contributed by atoms with Gasteiger partial charge in [-0.3, -0.25) is 9.97 Å². The van der Waals surface area contributed by atoms with Gasteiger partial charge in [0.1, 0.15) is 5.03 Å². The lowest BCUT2D eigenvalue weighted by Gasteiger charge is -2.00. The normalized spacial score (nSPS) is 10.2. The third-order valence-corrected chi connectivity index (χ3v) is 2.69. The molecule has 0 aliphatic carbocycles. The highest BCUT2D eigenvalue weighted by molar-refractivity contribution is 7.99. The Morgan fingerprint density at radius 2 is 1.93 bits per heavy atom. The van der Waals surface area contributed by atoms with Crippen molar-refractivity contribution in [3.8, 4) is 0 Å². The number of hydrogen-bond acceptors (Lipinski definition) is 5. The second kappa shape index (κ2) is 4.86. The summed E-state index contributed by atoms with van der Waals surface area (Å²) in [5.41, 5.74) is 6.23. The lowest BCUT2D eigenvalue weighted by Crippen LogP contribution is -1.99. The first-order chi connectivity index (χ1) is 7.38. The summed E-state index contributed by atoms with van der Waals surface area (Å²) in [5, 5.41) is 0.860. The number of aromatic nitrogens is 3. The third kappa shape index (κ3) is 2.74. The first-order valence-electron chi connectivity index (χ1n) is 4.47. The lowest BCUT2D eigenvalue weighted by atomic mass is 10.5. The van der Waals surface area contributed by atoms with E-state index >= 15 is 0 Å². The van der Waals surface area contributed by atoms with Crippen molar-refractivity contribution in [1.82, 2.24) is 15.0 Å². The third-order valence-electron chi connectivity index (χ3n) is 1.76. The minimum Gasteiger partial charge on any atom is -0.325 e. The molecule has 0 unspecified atom stereocenters. The van der Waals surface area contributed by atoms with Crippen LogP contribution in [0.3, 0.4) is 0 Å². The Labute approximate surface area is 92.0 Å². The molecule has 2 rings (SSSR count). The fraction of sp³-hybridized carbons (Fsp3) is 0.100. The Morgan fingerprint density at radius 3 is 2.53 bits per heavy atom. The van der Waals surface area contributed by atoms with Crippen molar-refractivity contribution in [3.63, 3.8) is 0 Å². The van der Waals surface area contributed by atoms with E-state index in [2.05, 4.69) is 15.0 Å². The van der Waals surface area contributed by atoms with Gasteiger partial charge in [-0.1, -0.05) is 11.8 Å². The van der Waals surface area contributed by atoms with Crippen molar-refractivity contribution in [2.45, 2.75) is 16.5 Å². The Kier molecular flexibility index (Phi) is 3.26. The summed E-state index contributed by atoms with van der Waals surface area (Å²) >= 11 is 1.55. The molecule has 0 aliphatic rings. The van der Waals surface area contributed by atoms with Gasteiger partial charge in [0.05, 0.1) is 18.1 Å². The molecule has 0 radical (unpaired) electrons. The zero-order valence-electron chi connectivity index (χ0n) is 8.00. The lowest BCUT2D eigenvalue weighted by molar-refractivity contribution is 0.923. The van der Waals surface area contributed by atoms with Crippen LogP contribution in [0.2, 0.25) is 0 Å². The molecular formula is C10H10N4S. The highest BCUT2D eigenvalue weighted by Crippen LogP contribution is 2.23. The molecule has 4 nitrogen and oxygen atoms in total. The van der Waals surface area contributed by atoms with Gasteiger partial charge in [-0.25, -0.2) is 4.98 Å². The number of rotatable bonds is 3. The van der Waals surface area contributed by atoms with E-state index in [-0.39, 0.29) is 0 Å². The molecule has 0 saturated heterocycles. The maximum atomic E-state index is 5.43. The standard InChI is InChI=1S/C10H10N4S/c11-5-8-6-14-10(7-13-8)15-9-1-3-12-4-2-9/h1-4,6-7H,5,11H2. The summed E-state index contributed by atoms with van der Waals surface area (Å²) in [5.74, 6) is 0. The van der Waals surface area contributed by atoms with Gasteiger partial charge in [0, 0.05) is 23.8 Å². The Balaban J connectivity index is 2.11. The minimum atomic E-state index is 0.424. The van der Waals surface area contributed by atoms with Crippen molar-refractivity contribution in [2.24, 2.45) is 5.73 Å². The van der Waals surface area contributed by atoms with Gasteiger partial charge in [0.25, 0.3) is 0 Å². The molecule has 76 valence electrons. The Morgan fingerprint density at radius 1 is 1.13 bits per heavy atom. The largest absolute Gasteiger partial charge is 0.325 e. The summed E-state index contributed by atoms with van der Waals surface area (Å²) < 4.78 is 0. The minimum absolute atomic E-state index is 0.424. The van der Waals surface area contributed by atoms with E-state index in [1.54, 1.807) is 36.5 Å². The average molecular weight is 218 g/mol. The van der Waals surface area contributed by atoms with E-state index < -0.39 is 0 Å². The molecule has 0 bridgehead atoms. The highest BCUT2D eigenvalue weighted by Gasteiger charge is 1.98. The van der Waals surface area contributed by atoms with Crippen LogP contribution in [0.4, 0.5) is 0 Å². The SMILES string of the molecule is NCc1cnc(Sc2ccncc2)cn1. The first kappa shape index (κ1) is 10.1. The molecule has 2 aromatic heterocycles. The molecule has 2 N–H and O–H groups in total. The monoisotopic (exact) mass is 218 g/mol. The molecule has 5 heteroatoms. The van der Waals surface area contributed by atoms with Gasteiger partial charge in [0.15, 0.2) is 0 Å². The average Bonchev–Trinajstić information content (AvgIpc) is 2.31. The summed E-state index contributed by atoms with van der Waals surface area (Å²) in [6, 6.07) is 3.87. The van der Waals surface area contributed by atoms with E-state index in [0.717, 1.165) is 15.6 Å². The fourth-order valence-corrected chi connectivity index (χ4v) is 1.74. The molecule has 0 saturated carbocycles. The Bertz CT molecular complexity index is 415. The van der Waals surface area contributed by atoms with Crippen molar-refractivity contribution >= 4 is 11.8 Å². The van der Waals surface area contributed by atoms with Crippen LogP contribution in [0, 0.1) is 0 Å². The van der Waals surface area contributed by atoms with Crippen molar-refractivity contribution < 1.29 is 0 Å². The highest BCUT2D eigenvalue weighted by atomic mass is 32.2. The van der Waals surface area contributed by atoms with Crippen LogP contribution in [0.1, 0.15) is 5.69 Å². The van der Waals surface area contributed by atoms with E-state index in [9.17, 15) is 0 Å². The van der Waals surface area contributed by atoms with Crippen LogP contribution in [-0.4, -0.2) is 15.0 Å². The zero-order valence-corrected chi connectivity index (χ0v) is 8.81. The molecular weight excluding hydrogens is 208 g/mol. The quantitative estimate of drug-likeness (QED) is 0.845. The van der Waals surface area contributed by atoms with Crippen LogP contribution >= 0.6 is 11.8 Å². The van der Waals surface area contributed by atoms with Gasteiger partial charge < -0.3 is 5.73 Å². The molecule has 0 fully saturated rings. The molecule has 0 atom stereocenters. The number of pyridine rings is 1. The smallest absolute Gasteiger partial charge is 0.119 e. The fourth-order valence-electron chi connectivity index (χ4n) is 1.03. The second-order valence-corrected chi connectivity index (χ2v) is 3.93. The molecule has 2 aromatic rings. The molecule has 0 spiro atoms. The maximum absolute atomic E-state index is 5.43. The number of hydrogen-bond donors (Lipinski definition) is 1. The van der Waals surface area contributed by atoms with Gasteiger partial charge in [-0.05, 0) is 12.1 Å². The molecule has 0 aromatic carbocycles. The zero-order chi connectivity index (χ0) is 10.5. The van der Waals surface area contributed by atoms with Gasteiger partial charge >= 0.3 is 0 Å². The molecule has 15 heavy (non-hydrogen) atoms. The first-order valence-corrected chi connectivity index (χ1v) is 5.29. The molecule has 0 amide bonds. The van der Waals surface area contributed by atoms with Crippen LogP contribution in [0.25, 0.3) is 0 Å². The van der Waals surface area contributed by atoms with Crippen LogP contribution in [-0.2, 0) is 6.54 Å². The Hall–Kier alpha value is -1.46. The molecule has 0 aliphatic heterocycles. The summed E-state index contributed by atoms with van der Waals surface area (Å²) in [7, 11) is 0. The topological polar surface area (TPSA) is 64.7 Å². The van der Waals surface area contributed by atoms with Crippen molar-refractivity contribution in [2.75, 3.05) is 0 Å². The second-order valence-electron chi connectivity index (χ2n) is 2.84. The summed E-state index contributed by atoms with van der Waals surface area (Å²) in [6.07, 6.45) is 6.94. The van der Waals surface area contributed by atoms with Gasteiger partial charge in [-0.15, -0.1) is 0 Å². The van der Waals surface area contributed by atoms with E-state index in [1.807, 2.05) is 12.1 Å². The van der Waals surface area contributed by atoms with Crippen LogP contribution in [0.15, 0.2) is 46.8 Å². The van der Waals surface area contributed by atoms with Crippen LogP contribution in [0.5, 0.6) is 0 Å². The van der Waals surface area contributed by atoms with Crippen LogP contribution < -0.4 is 5.73 Å². The predicted molar refractivity (Wildman–Crippen MR) is 58.3 cm³/mol. The number of nitrogens with zero attached hydrogens (tertiary/aromatic N) is 3. The summed E-state index contributed by atoms with van der Waals surface area (Å²) in [6.45, 7) is 0.424. The predicted octanol–water partition coefficient (Wildman–Crippen LogP) is 1.48. The van der Waals surface area contributed by atoms with Gasteiger partial charge in [-0.2, -0.15) is 0 Å². The van der Waals surface area contributed by atoms with Gasteiger partial charge in [0.2, 0.25) is 0 Å².